The van der Waals surface area contributed by atoms with Gasteiger partial charge < -0.3 is 0 Å². The van der Waals surface area contributed by atoms with Gasteiger partial charge in [-0.25, -0.2) is 0 Å². The fourth-order valence-electron chi connectivity index (χ4n) is 2.08. The first-order valence-electron chi connectivity index (χ1n) is 6.61. The van der Waals surface area contributed by atoms with Gasteiger partial charge in [0.2, 0.25) is 0 Å². The zero-order valence-corrected chi connectivity index (χ0v) is 11.4. The van der Waals surface area contributed by atoms with Crippen molar-refractivity contribution in [1.82, 2.24) is 0 Å². The van der Waals surface area contributed by atoms with Gasteiger partial charge in [0.1, 0.15) is 0 Å². The molecule has 2 aromatic carbocycles. The van der Waals surface area contributed by atoms with Crippen molar-refractivity contribution in [1.29, 1.82) is 0 Å². The Morgan fingerprint density at radius 1 is 1.11 bits per heavy atom. The Morgan fingerprint density at radius 2 is 1.84 bits per heavy atom. The van der Waals surface area contributed by atoms with E-state index in [0.717, 1.165) is 28.3 Å². The molecule has 0 radical (unpaired) electrons. The van der Waals surface area contributed by atoms with Crippen LogP contribution in [-0.2, 0) is 0 Å². The summed E-state index contributed by atoms with van der Waals surface area (Å²) in [4.78, 5) is 12.2. The summed E-state index contributed by atoms with van der Waals surface area (Å²) < 4.78 is 0. The Kier molecular flexibility index (Phi) is 4.30. The number of hydrogen-bond donors (Lipinski definition) is 0. The lowest BCUT2D eigenvalue weighted by molar-refractivity contribution is 0.104. The molecule has 0 saturated carbocycles. The Hall–Kier alpha value is -2.15. The summed E-state index contributed by atoms with van der Waals surface area (Å²) >= 11 is 0. The lowest BCUT2D eigenvalue weighted by atomic mass is 10.0. The SMILES string of the molecule is CC=C/C(=C\C(=O)c1ccc2ccccc2c1)CC. The highest BCUT2D eigenvalue weighted by Gasteiger charge is 2.04. The van der Waals surface area contributed by atoms with Crippen molar-refractivity contribution in [3.8, 4) is 0 Å². The second-order valence-corrected chi connectivity index (χ2v) is 4.50. The van der Waals surface area contributed by atoms with Crippen LogP contribution in [0.2, 0.25) is 0 Å². The smallest absolute Gasteiger partial charge is 0.186 e. The van der Waals surface area contributed by atoms with Crippen molar-refractivity contribution in [2.75, 3.05) is 0 Å². The molecule has 0 amide bonds. The van der Waals surface area contributed by atoms with Gasteiger partial charge in [0.25, 0.3) is 0 Å². The number of benzene rings is 2. The fourth-order valence-corrected chi connectivity index (χ4v) is 2.08. The van der Waals surface area contributed by atoms with E-state index < -0.39 is 0 Å². The number of carbonyl (C=O) groups excluding carboxylic acids is 1. The Balaban J connectivity index is 2.36. The van der Waals surface area contributed by atoms with E-state index in [1.54, 1.807) is 6.08 Å². The maximum Gasteiger partial charge on any atom is 0.186 e. The number of hydrogen-bond acceptors (Lipinski definition) is 1. The quantitative estimate of drug-likeness (QED) is 0.427. The van der Waals surface area contributed by atoms with Crippen LogP contribution in [-0.4, -0.2) is 5.78 Å². The summed E-state index contributed by atoms with van der Waals surface area (Å²) in [6.45, 7) is 4.02. The lowest BCUT2D eigenvalue weighted by Gasteiger charge is -2.02. The van der Waals surface area contributed by atoms with Crippen LogP contribution in [0.1, 0.15) is 30.6 Å². The summed E-state index contributed by atoms with van der Waals surface area (Å²) in [5.74, 6) is 0.0701. The second kappa shape index (κ2) is 6.14. The minimum absolute atomic E-state index is 0.0701. The van der Waals surface area contributed by atoms with Crippen molar-refractivity contribution in [2.45, 2.75) is 20.3 Å². The summed E-state index contributed by atoms with van der Waals surface area (Å²) in [6.07, 6.45) is 6.54. The average Bonchev–Trinajstić information content (AvgIpc) is 2.46. The highest BCUT2D eigenvalue weighted by Crippen LogP contribution is 2.17. The molecule has 0 spiro atoms. The molecule has 1 nitrogen and oxygen atoms in total. The Bertz CT molecular complexity index is 648. The molecule has 0 atom stereocenters. The number of ketones is 1. The molecule has 0 saturated heterocycles. The van der Waals surface area contributed by atoms with Gasteiger partial charge in [0.05, 0.1) is 0 Å². The Labute approximate surface area is 114 Å². The van der Waals surface area contributed by atoms with Gasteiger partial charge >= 0.3 is 0 Å². The summed E-state index contributed by atoms with van der Waals surface area (Å²) in [5, 5.41) is 2.26. The van der Waals surface area contributed by atoms with E-state index in [-0.39, 0.29) is 5.78 Å². The van der Waals surface area contributed by atoms with Crippen LogP contribution in [0.4, 0.5) is 0 Å². The van der Waals surface area contributed by atoms with Crippen LogP contribution in [0.15, 0.2) is 66.3 Å². The third kappa shape index (κ3) is 3.19. The molecule has 0 heterocycles. The van der Waals surface area contributed by atoms with E-state index in [9.17, 15) is 4.79 Å². The zero-order valence-electron chi connectivity index (χ0n) is 11.4. The fraction of sp³-hybridized carbons (Fsp3) is 0.167. The maximum atomic E-state index is 12.2. The number of fused-ring (bicyclic) bond motifs is 1. The van der Waals surface area contributed by atoms with Crippen molar-refractivity contribution < 1.29 is 4.79 Å². The van der Waals surface area contributed by atoms with E-state index in [1.165, 1.54) is 0 Å². The molecule has 19 heavy (non-hydrogen) atoms. The molecular formula is C18H18O. The molecule has 0 unspecified atom stereocenters. The van der Waals surface area contributed by atoms with Crippen LogP contribution in [0.25, 0.3) is 10.8 Å². The predicted molar refractivity (Wildman–Crippen MR) is 81.5 cm³/mol. The molecule has 0 bridgehead atoms. The molecule has 0 aromatic heterocycles. The third-order valence-corrected chi connectivity index (χ3v) is 3.14. The van der Waals surface area contributed by atoms with E-state index in [0.29, 0.717) is 0 Å². The van der Waals surface area contributed by atoms with Gasteiger partial charge in [0.15, 0.2) is 5.78 Å². The van der Waals surface area contributed by atoms with Crippen molar-refractivity contribution in [3.63, 3.8) is 0 Å². The van der Waals surface area contributed by atoms with Gasteiger partial charge in [-0.15, -0.1) is 0 Å². The molecule has 0 N–H and O–H groups in total. The summed E-state index contributed by atoms with van der Waals surface area (Å²) in [5.41, 5.74) is 1.80. The van der Waals surface area contributed by atoms with Gasteiger partial charge in [-0.05, 0) is 41.8 Å². The molecular weight excluding hydrogens is 232 g/mol. The van der Waals surface area contributed by atoms with Crippen molar-refractivity contribution in [3.05, 3.63) is 71.8 Å². The monoisotopic (exact) mass is 250 g/mol. The lowest BCUT2D eigenvalue weighted by Crippen LogP contribution is -1.95. The molecule has 0 aliphatic heterocycles. The number of rotatable bonds is 4. The first-order chi connectivity index (χ1) is 9.24. The number of carbonyl (C=O) groups is 1. The number of allylic oxidation sites excluding steroid dienone is 4. The van der Waals surface area contributed by atoms with E-state index >= 15 is 0 Å². The van der Waals surface area contributed by atoms with Gasteiger partial charge in [0, 0.05) is 5.56 Å². The molecule has 0 fully saturated rings. The van der Waals surface area contributed by atoms with E-state index in [1.807, 2.05) is 55.5 Å². The molecule has 96 valence electrons. The second-order valence-electron chi connectivity index (χ2n) is 4.50. The summed E-state index contributed by atoms with van der Waals surface area (Å²) in [7, 11) is 0. The zero-order chi connectivity index (χ0) is 13.7. The van der Waals surface area contributed by atoms with Gasteiger partial charge in [-0.1, -0.05) is 55.5 Å². The van der Waals surface area contributed by atoms with E-state index in [2.05, 4.69) is 13.0 Å². The highest BCUT2D eigenvalue weighted by atomic mass is 16.1. The first-order valence-corrected chi connectivity index (χ1v) is 6.61. The normalized spacial score (nSPS) is 12.2. The molecule has 2 rings (SSSR count). The van der Waals surface area contributed by atoms with Crippen LogP contribution in [0.3, 0.4) is 0 Å². The summed E-state index contributed by atoms with van der Waals surface area (Å²) in [6, 6.07) is 13.9. The first kappa shape index (κ1) is 13.3. The molecule has 0 aliphatic rings. The van der Waals surface area contributed by atoms with E-state index in [4.69, 9.17) is 0 Å². The van der Waals surface area contributed by atoms with Crippen LogP contribution in [0, 0.1) is 0 Å². The molecule has 0 aliphatic carbocycles. The van der Waals surface area contributed by atoms with Crippen LogP contribution < -0.4 is 0 Å². The van der Waals surface area contributed by atoms with Crippen molar-refractivity contribution >= 4 is 16.6 Å². The minimum atomic E-state index is 0.0701. The standard InChI is InChI=1S/C18H18O/c1-3-7-14(4-2)12-18(19)17-11-10-15-8-5-6-9-16(15)13-17/h3,5-13H,4H2,1-2H3/b7-3?,14-12-. The maximum absolute atomic E-state index is 12.2. The minimum Gasteiger partial charge on any atom is -0.289 e. The van der Waals surface area contributed by atoms with Crippen molar-refractivity contribution in [2.24, 2.45) is 0 Å². The molecule has 2 aromatic rings. The van der Waals surface area contributed by atoms with Gasteiger partial charge in [-0.2, -0.15) is 0 Å². The largest absolute Gasteiger partial charge is 0.289 e. The van der Waals surface area contributed by atoms with Crippen LogP contribution >= 0.6 is 0 Å². The highest BCUT2D eigenvalue weighted by molar-refractivity contribution is 6.07. The predicted octanol–water partition coefficient (Wildman–Crippen LogP) is 4.94. The Morgan fingerprint density at radius 3 is 2.53 bits per heavy atom. The van der Waals surface area contributed by atoms with Gasteiger partial charge in [-0.3, -0.25) is 4.79 Å². The van der Waals surface area contributed by atoms with Crippen LogP contribution in [0.5, 0.6) is 0 Å². The third-order valence-electron chi connectivity index (χ3n) is 3.14. The molecule has 1 heteroatoms. The average molecular weight is 250 g/mol. The topological polar surface area (TPSA) is 17.1 Å².